The minimum absolute atomic E-state index is 0.0473. The van der Waals surface area contributed by atoms with E-state index in [1.165, 1.54) is 49.6 Å². The number of hydrogen-bond donors (Lipinski definition) is 1. The molecule has 32 heavy (non-hydrogen) atoms. The summed E-state index contributed by atoms with van der Waals surface area (Å²) in [6, 6.07) is 18.3. The number of amides is 1. The van der Waals surface area contributed by atoms with Gasteiger partial charge in [0.2, 0.25) is 5.91 Å². The van der Waals surface area contributed by atoms with Gasteiger partial charge >= 0.3 is 0 Å². The average molecular weight is 477 g/mol. The summed E-state index contributed by atoms with van der Waals surface area (Å²) in [7, 11) is -2.58. The molecule has 3 aromatic rings. The summed E-state index contributed by atoms with van der Waals surface area (Å²) in [5.41, 5.74) is 1.08. The Bertz CT molecular complexity index is 1170. The number of hydrogen-bond acceptors (Lipinski definition) is 4. The van der Waals surface area contributed by atoms with Crippen LogP contribution in [0, 0.1) is 5.82 Å². The molecule has 0 saturated carbocycles. The van der Waals surface area contributed by atoms with E-state index in [0.717, 1.165) is 9.87 Å². The number of sulfonamides is 1. The second-order valence-electron chi connectivity index (χ2n) is 6.87. The van der Waals surface area contributed by atoms with Crippen molar-refractivity contribution in [2.75, 3.05) is 24.5 Å². The summed E-state index contributed by atoms with van der Waals surface area (Å²) in [6.45, 7) is -0.170. The second-order valence-corrected chi connectivity index (χ2v) is 9.14. The topological polar surface area (TPSA) is 75.7 Å². The maximum Gasteiger partial charge on any atom is 0.264 e. The number of ether oxygens (including phenoxy) is 1. The Labute approximate surface area is 191 Å². The van der Waals surface area contributed by atoms with Crippen molar-refractivity contribution in [2.45, 2.75) is 11.3 Å². The number of carbonyl (C=O) groups is 1. The summed E-state index contributed by atoms with van der Waals surface area (Å²) in [5.74, 6) is -0.438. The largest absolute Gasteiger partial charge is 0.495 e. The van der Waals surface area contributed by atoms with E-state index < -0.39 is 22.5 Å². The molecule has 0 heterocycles. The van der Waals surface area contributed by atoms with Crippen molar-refractivity contribution in [3.05, 3.63) is 89.2 Å². The molecule has 3 aromatic carbocycles. The Balaban J connectivity index is 1.80. The maximum absolute atomic E-state index is 13.3. The first-order valence-electron chi connectivity index (χ1n) is 9.74. The van der Waals surface area contributed by atoms with Crippen molar-refractivity contribution < 1.29 is 22.3 Å². The molecular formula is C23H22ClFN2O4S. The van der Waals surface area contributed by atoms with E-state index in [2.05, 4.69) is 5.32 Å². The zero-order chi connectivity index (χ0) is 23.1. The molecule has 3 rings (SSSR count). The lowest BCUT2D eigenvalue weighted by Crippen LogP contribution is -2.41. The van der Waals surface area contributed by atoms with Crippen LogP contribution in [0.5, 0.6) is 5.75 Å². The third kappa shape index (κ3) is 5.77. The van der Waals surface area contributed by atoms with Crippen LogP contribution in [-0.2, 0) is 21.2 Å². The van der Waals surface area contributed by atoms with Crippen LogP contribution >= 0.6 is 11.6 Å². The van der Waals surface area contributed by atoms with Crippen LogP contribution in [0.15, 0.2) is 77.7 Å². The number of benzene rings is 3. The summed E-state index contributed by atoms with van der Waals surface area (Å²) in [6.07, 6.45) is 0.478. The first-order chi connectivity index (χ1) is 15.3. The summed E-state index contributed by atoms with van der Waals surface area (Å²) < 4.78 is 45.7. The monoisotopic (exact) mass is 476 g/mol. The van der Waals surface area contributed by atoms with Gasteiger partial charge in [-0.05, 0) is 54.4 Å². The normalized spacial score (nSPS) is 11.1. The molecule has 0 atom stereocenters. The minimum atomic E-state index is -4.04. The van der Waals surface area contributed by atoms with Crippen molar-refractivity contribution in [3.63, 3.8) is 0 Å². The van der Waals surface area contributed by atoms with E-state index in [1.807, 2.05) is 0 Å². The highest BCUT2D eigenvalue weighted by molar-refractivity contribution is 7.92. The molecule has 1 amide bonds. The molecule has 0 aliphatic rings. The Morgan fingerprint density at radius 1 is 1.06 bits per heavy atom. The lowest BCUT2D eigenvalue weighted by Gasteiger charge is -2.24. The fourth-order valence-corrected chi connectivity index (χ4v) is 4.71. The molecule has 0 aliphatic carbocycles. The highest BCUT2D eigenvalue weighted by Gasteiger charge is 2.27. The Morgan fingerprint density at radius 3 is 2.38 bits per heavy atom. The Kier molecular flexibility index (Phi) is 7.71. The number of anilines is 1. The summed E-state index contributed by atoms with van der Waals surface area (Å²) in [5, 5.41) is 2.93. The third-order valence-electron chi connectivity index (χ3n) is 4.69. The second kappa shape index (κ2) is 10.5. The van der Waals surface area contributed by atoms with Crippen molar-refractivity contribution in [1.29, 1.82) is 0 Å². The molecule has 0 spiro atoms. The van der Waals surface area contributed by atoms with Crippen LogP contribution in [0.4, 0.5) is 10.1 Å². The zero-order valence-corrected chi connectivity index (χ0v) is 18.9. The van der Waals surface area contributed by atoms with Gasteiger partial charge in [-0.3, -0.25) is 9.10 Å². The van der Waals surface area contributed by atoms with E-state index in [1.54, 1.807) is 30.3 Å². The highest BCUT2D eigenvalue weighted by Crippen LogP contribution is 2.31. The molecule has 0 aromatic heterocycles. The number of rotatable bonds is 9. The Morgan fingerprint density at radius 2 is 1.75 bits per heavy atom. The standard InChI is InChI=1S/C23H22ClFN2O4S/c1-31-22-12-11-19(15-21(22)24)27(32(29,30)20-5-3-2-4-6-20)16-23(28)26-14-13-17-7-9-18(25)10-8-17/h2-12,15H,13-14,16H2,1H3,(H,26,28). The molecule has 6 nitrogen and oxygen atoms in total. The zero-order valence-electron chi connectivity index (χ0n) is 17.3. The van der Waals surface area contributed by atoms with Gasteiger partial charge in [0, 0.05) is 6.54 Å². The van der Waals surface area contributed by atoms with E-state index in [0.29, 0.717) is 12.2 Å². The summed E-state index contributed by atoms with van der Waals surface area (Å²) >= 11 is 6.20. The first kappa shape index (κ1) is 23.6. The molecule has 9 heteroatoms. The lowest BCUT2D eigenvalue weighted by atomic mass is 10.1. The van der Waals surface area contributed by atoms with Gasteiger partial charge in [0.15, 0.2) is 0 Å². The van der Waals surface area contributed by atoms with E-state index in [-0.39, 0.29) is 28.0 Å². The Hall–Kier alpha value is -3.10. The summed E-state index contributed by atoms with van der Waals surface area (Å²) in [4.78, 5) is 12.7. The van der Waals surface area contributed by atoms with Gasteiger partial charge in [-0.15, -0.1) is 0 Å². The molecule has 0 saturated heterocycles. The number of halogens is 2. The average Bonchev–Trinajstić information content (AvgIpc) is 2.79. The highest BCUT2D eigenvalue weighted by atomic mass is 35.5. The number of nitrogens with zero attached hydrogens (tertiary/aromatic N) is 1. The van der Waals surface area contributed by atoms with Gasteiger partial charge in [0.05, 0.1) is 22.7 Å². The van der Waals surface area contributed by atoms with Crippen LogP contribution in [0.1, 0.15) is 5.56 Å². The van der Waals surface area contributed by atoms with E-state index in [4.69, 9.17) is 16.3 Å². The van der Waals surface area contributed by atoms with Gasteiger partial charge < -0.3 is 10.1 Å². The van der Waals surface area contributed by atoms with Gasteiger partial charge in [-0.25, -0.2) is 12.8 Å². The van der Waals surface area contributed by atoms with E-state index in [9.17, 15) is 17.6 Å². The predicted octanol–water partition coefficient (Wildman–Crippen LogP) is 4.04. The van der Waals surface area contributed by atoms with E-state index >= 15 is 0 Å². The van der Waals surface area contributed by atoms with Crippen molar-refractivity contribution >= 4 is 33.2 Å². The third-order valence-corrected chi connectivity index (χ3v) is 6.77. The van der Waals surface area contributed by atoms with Crippen LogP contribution < -0.4 is 14.4 Å². The SMILES string of the molecule is COc1ccc(N(CC(=O)NCCc2ccc(F)cc2)S(=O)(=O)c2ccccc2)cc1Cl. The quantitative estimate of drug-likeness (QED) is 0.505. The van der Waals surface area contributed by atoms with Crippen molar-refractivity contribution in [1.82, 2.24) is 5.32 Å². The van der Waals surface area contributed by atoms with Crippen LogP contribution in [0.25, 0.3) is 0 Å². The maximum atomic E-state index is 13.3. The fourth-order valence-electron chi connectivity index (χ4n) is 3.03. The molecule has 168 valence electrons. The fraction of sp³-hybridized carbons (Fsp3) is 0.174. The van der Waals surface area contributed by atoms with Gasteiger partial charge in [-0.1, -0.05) is 41.9 Å². The smallest absolute Gasteiger partial charge is 0.264 e. The number of carbonyl (C=O) groups excluding carboxylic acids is 1. The van der Waals surface area contributed by atoms with Gasteiger partial charge in [-0.2, -0.15) is 0 Å². The molecule has 0 unspecified atom stereocenters. The minimum Gasteiger partial charge on any atom is -0.495 e. The molecule has 0 aliphatic heterocycles. The van der Waals surface area contributed by atoms with Gasteiger partial charge in [0.1, 0.15) is 18.1 Å². The molecule has 0 fully saturated rings. The van der Waals surface area contributed by atoms with Crippen molar-refractivity contribution in [3.8, 4) is 5.75 Å². The number of nitrogens with one attached hydrogen (secondary N) is 1. The molecule has 0 bridgehead atoms. The van der Waals surface area contributed by atoms with Crippen LogP contribution in [0.3, 0.4) is 0 Å². The first-order valence-corrected chi connectivity index (χ1v) is 11.6. The van der Waals surface area contributed by atoms with Gasteiger partial charge in [0.25, 0.3) is 10.0 Å². The lowest BCUT2D eigenvalue weighted by molar-refractivity contribution is -0.119. The van der Waals surface area contributed by atoms with Crippen molar-refractivity contribution in [2.24, 2.45) is 0 Å². The number of methoxy groups -OCH3 is 1. The predicted molar refractivity (Wildman–Crippen MR) is 122 cm³/mol. The van der Waals surface area contributed by atoms with Crippen LogP contribution in [0.2, 0.25) is 5.02 Å². The molecule has 1 N–H and O–H groups in total. The molecule has 0 radical (unpaired) electrons. The molecular weight excluding hydrogens is 455 g/mol. The van der Waals surface area contributed by atoms with Crippen LogP contribution in [-0.4, -0.2) is 34.5 Å².